The van der Waals surface area contributed by atoms with Crippen molar-refractivity contribution in [3.8, 4) is 0 Å². The summed E-state index contributed by atoms with van der Waals surface area (Å²) in [6.07, 6.45) is -0.0925. The zero-order chi connectivity index (χ0) is 21.2. The average Bonchev–Trinajstić information content (AvgIpc) is 2.71. The SMILES string of the molecule is CCNC(=O)c1cccc(NC(=O)COC(=O)CCC(=O)c2ccc(C)cc2)c1. The van der Waals surface area contributed by atoms with Crippen molar-refractivity contribution in [2.24, 2.45) is 0 Å². The predicted molar refractivity (Wildman–Crippen MR) is 109 cm³/mol. The van der Waals surface area contributed by atoms with Crippen molar-refractivity contribution in [2.75, 3.05) is 18.5 Å². The van der Waals surface area contributed by atoms with E-state index >= 15 is 0 Å². The quantitative estimate of drug-likeness (QED) is 0.501. The van der Waals surface area contributed by atoms with Crippen molar-refractivity contribution in [3.05, 3.63) is 65.2 Å². The van der Waals surface area contributed by atoms with Gasteiger partial charge in [-0.15, -0.1) is 0 Å². The predicted octanol–water partition coefficient (Wildman–Crippen LogP) is 2.89. The number of benzene rings is 2. The summed E-state index contributed by atoms with van der Waals surface area (Å²) in [5.41, 5.74) is 2.41. The van der Waals surface area contributed by atoms with E-state index in [0.29, 0.717) is 23.4 Å². The fourth-order valence-corrected chi connectivity index (χ4v) is 2.52. The molecule has 0 atom stereocenters. The summed E-state index contributed by atoms with van der Waals surface area (Å²) >= 11 is 0. The molecule has 2 aromatic carbocycles. The maximum Gasteiger partial charge on any atom is 0.306 e. The Morgan fingerprint density at radius 2 is 1.66 bits per heavy atom. The topological polar surface area (TPSA) is 102 Å². The summed E-state index contributed by atoms with van der Waals surface area (Å²) in [7, 11) is 0. The van der Waals surface area contributed by atoms with Gasteiger partial charge in [0.1, 0.15) is 0 Å². The number of ether oxygens (including phenoxy) is 1. The van der Waals surface area contributed by atoms with Gasteiger partial charge in [-0.05, 0) is 32.0 Å². The van der Waals surface area contributed by atoms with Gasteiger partial charge >= 0.3 is 5.97 Å². The molecular formula is C22H24N2O5. The van der Waals surface area contributed by atoms with Crippen molar-refractivity contribution in [2.45, 2.75) is 26.7 Å². The molecule has 2 rings (SSSR count). The van der Waals surface area contributed by atoms with Gasteiger partial charge in [-0.1, -0.05) is 35.9 Å². The minimum absolute atomic E-state index is 0.0120. The highest BCUT2D eigenvalue weighted by molar-refractivity contribution is 5.99. The smallest absolute Gasteiger partial charge is 0.306 e. The summed E-state index contributed by atoms with van der Waals surface area (Å²) in [6.45, 7) is 3.76. The van der Waals surface area contributed by atoms with Gasteiger partial charge in [0.25, 0.3) is 11.8 Å². The van der Waals surface area contributed by atoms with Crippen molar-refractivity contribution in [1.82, 2.24) is 5.32 Å². The lowest BCUT2D eigenvalue weighted by molar-refractivity contribution is -0.147. The Bertz CT molecular complexity index is 890. The van der Waals surface area contributed by atoms with E-state index in [4.69, 9.17) is 4.74 Å². The van der Waals surface area contributed by atoms with Crippen LogP contribution in [0.25, 0.3) is 0 Å². The average molecular weight is 396 g/mol. The highest BCUT2D eigenvalue weighted by Crippen LogP contribution is 2.11. The first-order valence-corrected chi connectivity index (χ1v) is 9.32. The Hall–Kier alpha value is -3.48. The van der Waals surface area contributed by atoms with Crippen LogP contribution in [0.5, 0.6) is 0 Å². The van der Waals surface area contributed by atoms with Gasteiger partial charge in [0.2, 0.25) is 0 Å². The molecule has 0 aromatic heterocycles. The second-order valence-electron chi connectivity index (χ2n) is 6.44. The maximum absolute atomic E-state index is 12.1. The Morgan fingerprint density at radius 1 is 0.931 bits per heavy atom. The number of carbonyl (C=O) groups excluding carboxylic acids is 4. The molecule has 2 amide bonds. The number of hydrogen-bond donors (Lipinski definition) is 2. The van der Waals surface area contributed by atoms with Crippen molar-refractivity contribution in [1.29, 1.82) is 0 Å². The third-order valence-electron chi connectivity index (χ3n) is 4.04. The third kappa shape index (κ3) is 7.21. The lowest BCUT2D eigenvalue weighted by Gasteiger charge is -2.08. The minimum Gasteiger partial charge on any atom is -0.456 e. The van der Waals surface area contributed by atoms with Crippen LogP contribution < -0.4 is 10.6 Å². The van der Waals surface area contributed by atoms with Gasteiger partial charge in [-0.25, -0.2) is 0 Å². The van der Waals surface area contributed by atoms with Crippen LogP contribution in [-0.4, -0.2) is 36.7 Å². The lowest BCUT2D eigenvalue weighted by atomic mass is 10.1. The van der Waals surface area contributed by atoms with E-state index in [0.717, 1.165) is 5.56 Å². The lowest BCUT2D eigenvalue weighted by Crippen LogP contribution is -2.23. The Labute approximate surface area is 169 Å². The van der Waals surface area contributed by atoms with E-state index < -0.39 is 18.5 Å². The van der Waals surface area contributed by atoms with Crippen molar-refractivity contribution < 1.29 is 23.9 Å². The number of aryl methyl sites for hydroxylation is 1. The van der Waals surface area contributed by atoms with Crippen LogP contribution >= 0.6 is 0 Å². The first kappa shape index (κ1) is 21.8. The third-order valence-corrected chi connectivity index (χ3v) is 4.04. The van der Waals surface area contributed by atoms with Gasteiger partial charge in [0.05, 0.1) is 6.42 Å². The van der Waals surface area contributed by atoms with Gasteiger partial charge in [-0.3, -0.25) is 19.2 Å². The largest absolute Gasteiger partial charge is 0.456 e. The molecular weight excluding hydrogens is 372 g/mol. The van der Waals surface area contributed by atoms with Crippen LogP contribution in [0.15, 0.2) is 48.5 Å². The van der Waals surface area contributed by atoms with Crippen LogP contribution in [0.3, 0.4) is 0 Å². The van der Waals surface area contributed by atoms with Crippen molar-refractivity contribution in [3.63, 3.8) is 0 Å². The molecule has 0 heterocycles. The molecule has 2 N–H and O–H groups in total. The van der Waals surface area contributed by atoms with Crippen LogP contribution in [-0.2, 0) is 14.3 Å². The number of ketones is 1. The van der Waals surface area contributed by atoms with E-state index in [2.05, 4.69) is 10.6 Å². The molecule has 0 bridgehead atoms. The Balaban J connectivity index is 1.76. The number of hydrogen-bond acceptors (Lipinski definition) is 5. The molecule has 0 saturated carbocycles. The van der Waals surface area contributed by atoms with Crippen LogP contribution in [0.1, 0.15) is 46.0 Å². The van der Waals surface area contributed by atoms with Gasteiger partial charge in [0.15, 0.2) is 12.4 Å². The number of amides is 2. The number of anilines is 1. The molecule has 29 heavy (non-hydrogen) atoms. The molecule has 7 nitrogen and oxygen atoms in total. The molecule has 0 aliphatic heterocycles. The zero-order valence-corrected chi connectivity index (χ0v) is 16.5. The Morgan fingerprint density at radius 3 is 2.34 bits per heavy atom. The summed E-state index contributed by atoms with van der Waals surface area (Å²) in [5, 5.41) is 5.24. The maximum atomic E-state index is 12.1. The molecule has 0 radical (unpaired) electrons. The first-order chi connectivity index (χ1) is 13.9. The summed E-state index contributed by atoms with van der Waals surface area (Å²) in [5.74, 6) is -1.56. The highest BCUT2D eigenvalue weighted by Gasteiger charge is 2.12. The van der Waals surface area contributed by atoms with E-state index in [-0.39, 0.29) is 24.5 Å². The molecule has 0 aliphatic rings. The standard InChI is InChI=1S/C22H24N2O5/c1-3-23-22(28)17-5-4-6-18(13-17)24-20(26)14-29-21(27)12-11-19(25)16-9-7-15(2)8-10-16/h4-10,13H,3,11-12,14H2,1-2H3,(H,23,28)(H,24,26). The second-order valence-corrected chi connectivity index (χ2v) is 6.44. The molecule has 0 unspecified atom stereocenters. The van der Waals surface area contributed by atoms with Crippen LogP contribution in [0.4, 0.5) is 5.69 Å². The number of esters is 1. The summed E-state index contributed by atoms with van der Waals surface area (Å²) in [4.78, 5) is 47.6. The van der Waals surface area contributed by atoms with E-state index in [1.807, 2.05) is 26.0 Å². The fraction of sp³-hybridized carbons (Fsp3) is 0.273. The first-order valence-electron chi connectivity index (χ1n) is 9.32. The number of rotatable bonds is 9. The molecule has 0 fully saturated rings. The van der Waals surface area contributed by atoms with E-state index in [9.17, 15) is 19.2 Å². The molecule has 0 saturated heterocycles. The summed E-state index contributed by atoms with van der Waals surface area (Å²) < 4.78 is 4.92. The fourth-order valence-electron chi connectivity index (χ4n) is 2.52. The molecule has 7 heteroatoms. The number of nitrogens with one attached hydrogen (secondary N) is 2. The zero-order valence-electron chi connectivity index (χ0n) is 16.5. The van der Waals surface area contributed by atoms with Gasteiger partial charge in [0, 0.05) is 29.8 Å². The van der Waals surface area contributed by atoms with Crippen molar-refractivity contribution >= 4 is 29.3 Å². The molecule has 152 valence electrons. The Kier molecular flexibility index (Phi) is 8.09. The number of Topliss-reactive ketones (excluding diaryl/α,β-unsaturated/α-hetero) is 1. The monoisotopic (exact) mass is 396 g/mol. The van der Waals surface area contributed by atoms with E-state index in [1.54, 1.807) is 30.3 Å². The van der Waals surface area contributed by atoms with Gasteiger partial charge < -0.3 is 15.4 Å². The minimum atomic E-state index is -0.628. The van der Waals surface area contributed by atoms with E-state index in [1.165, 1.54) is 6.07 Å². The van der Waals surface area contributed by atoms with Crippen LogP contribution in [0, 0.1) is 6.92 Å². The second kappa shape index (κ2) is 10.8. The van der Waals surface area contributed by atoms with Gasteiger partial charge in [-0.2, -0.15) is 0 Å². The normalized spacial score (nSPS) is 10.1. The van der Waals surface area contributed by atoms with Crippen LogP contribution in [0.2, 0.25) is 0 Å². The number of carbonyl (C=O) groups is 4. The molecule has 0 spiro atoms. The molecule has 0 aliphatic carbocycles. The summed E-state index contributed by atoms with van der Waals surface area (Å²) in [6, 6.07) is 13.5. The molecule has 2 aromatic rings. The highest BCUT2D eigenvalue weighted by atomic mass is 16.5.